The summed E-state index contributed by atoms with van der Waals surface area (Å²) in [5.41, 5.74) is 3.51. The van der Waals surface area contributed by atoms with Crippen molar-refractivity contribution in [3.05, 3.63) is 75.3 Å². The number of nitrogens with one attached hydrogen (secondary N) is 1. The summed E-state index contributed by atoms with van der Waals surface area (Å²) in [6, 6.07) is 15.5. The van der Waals surface area contributed by atoms with Crippen molar-refractivity contribution in [3.8, 4) is 5.75 Å². The van der Waals surface area contributed by atoms with Gasteiger partial charge >= 0.3 is 0 Å². The van der Waals surface area contributed by atoms with Gasteiger partial charge in [-0.3, -0.25) is 0 Å². The number of hydrogen-bond acceptors (Lipinski definition) is 4. The highest BCUT2D eigenvalue weighted by molar-refractivity contribution is 7.71. The van der Waals surface area contributed by atoms with Crippen LogP contribution in [-0.2, 0) is 13.0 Å². The second-order valence-corrected chi connectivity index (χ2v) is 6.53. The molecule has 126 valence electrons. The summed E-state index contributed by atoms with van der Waals surface area (Å²) in [7, 11) is 0. The molecule has 5 nitrogen and oxygen atoms in total. The number of nitrogens with zero attached hydrogens (tertiary/aromatic N) is 3. The van der Waals surface area contributed by atoms with E-state index in [0.29, 0.717) is 21.4 Å². The van der Waals surface area contributed by atoms with E-state index in [0.717, 1.165) is 18.6 Å². The van der Waals surface area contributed by atoms with E-state index in [1.54, 1.807) is 16.8 Å². The van der Waals surface area contributed by atoms with Crippen molar-refractivity contribution in [1.29, 1.82) is 0 Å². The molecule has 0 bridgehead atoms. The number of benzene rings is 2. The molecule has 1 aliphatic carbocycles. The lowest BCUT2D eigenvalue weighted by Gasteiger charge is -2.06. The van der Waals surface area contributed by atoms with E-state index >= 15 is 0 Å². The third-order valence-corrected chi connectivity index (χ3v) is 4.60. The predicted molar refractivity (Wildman–Crippen MR) is 99.9 cm³/mol. The summed E-state index contributed by atoms with van der Waals surface area (Å²) in [5.74, 6) is 1.33. The third kappa shape index (κ3) is 3.36. The monoisotopic (exact) mass is 370 g/mol. The number of hydrogen-bond donors (Lipinski definition) is 1. The van der Waals surface area contributed by atoms with Crippen LogP contribution in [0.2, 0.25) is 5.02 Å². The molecule has 0 saturated carbocycles. The van der Waals surface area contributed by atoms with Gasteiger partial charge in [0.25, 0.3) is 0 Å². The fourth-order valence-corrected chi connectivity index (χ4v) is 3.15. The highest BCUT2D eigenvalue weighted by Crippen LogP contribution is 2.23. The first-order valence-corrected chi connectivity index (χ1v) is 8.70. The number of H-pyrrole nitrogens is 1. The van der Waals surface area contributed by atoms with Gasteiger partial charge in [-0.25, -0.2) is 5.10 Å². The third-order valence-electron chi connectivity index (χ3n) is 4.08. The summed E-state index contributed by atoms with van der Waals surface area (Å²) in [5, 5.41) is 12.4. The molecule has 2 aromatic carbocycles. The maximum Gasteiger partial charge on any atom is 0.216 e. The minimum absolute atomic E-state index is 0.257. The fourth-order valence-electron chi connectivity index (χ4n) is 2.83. The average molecular weight is 371 g/mol. The summed E-state index contributed by atoms with van der Waals surface area (Å²) < 4.78 is 7.85. The maximum absolute atomic E-state index is 5.89. The summed E-state index contributed by atoms with van der Waals surface area (Å²) in [4.78, 5) is 0. The van der Waals surface area contributed by atoms with Crippen LogP contribution < -0.4 is 4.74 Å². The lowest BCUT2D eigenvalue weighted by Crippen LogP contribution is -2.07. The first kappa shape index (κ1) is 16.1. The Labute approximate surface area is 154 Å². The number of fused-ring (bicyclic) bond motifs is 1. The van der Waals surface area contributed by atoms with Gasteiger partial charge in [-0.1, -0.05) is 35.9 Å². The van der Waals surface area contributed by atoms with Gasteiger partial charge in [-0.05, 0) is 54.9 Å². The van der Waals surface area contributed by atoms with Crippen molar-refractivity contribution >= 4 is 29.5 Å². The molecule has 1 aromatic heterocycles. The summed E-state index contributed by atoms with van der Waals surface area (Å²) in [6.45, 7) is 0.257. The molecular weight excluding hydrogens is 356 g/mol. The molecule has 0 atom stereocenters. The molecule has 1 aliphatic rings. The molecular formula is C18H15ClN4OS. The van der Waals surface area contributed by atoms with E-state index in [4.69, 9.17) is 33.7 Å². The van der Waals surface area contributed by atoms with Crippen molar-refractivity contribution in [2.45, 2.75) is 19.4 Å². The topological polar surface area (TPSA) is 55.2 Å². The lowest BCUT2D eigenvalue weighted by molar-refractivity contribution is 0.290. The van der Waals surface area contributed by atoms with Crippen LogP contribution in [0.25, 0.3) is 0 Å². The molecule has 3 aromatic rings. The number of aromatic nitrogens is 3. The Bertz CT molecular complexity index is 991. The SMILES string of the molecule is S=c1[nH]nc(COc2ccc(Cl)cc2)n1/N=C1\CCc2ccccc21. The molecule has 4 rings (SSSR count). The van der Waals surface area contributed by atoms with E-state index in [-0.39, 0.29) is 6.61 Å². The smallest absolute Gasteiger partial charge is 0.216 e. The molecule has 0 fully saturated rings. The van der Waals surface area contributed by atoms with E-state index in [1.165, 1.54) is 11.1 Å². The average Bonchev–Trinajstić information content (AvgIpc) is 3.20. The zero-order valence-electron chi connectivity index (χ0n) is 13.3. The van der Waals surface area contributed by atoms with Crippen LogP contribution in [0.5, 0.6) is 5.75 Å². The van der Waals surface area contributed by atoms with Gasteiger partial charge in [0, 0.05) is 10.6 Å². The second-order valence-electron chi connectivity index (χ2n) is 5.70. The maximum atomic E-state index is 5.89. The molecule has 1 N–H and O–H groups in total. The molecule has 0 saturated heterocycles. The van der Waals surface area contributed by atoms with Crippen LogP contribution in [-0.4, -0.2) is 20.6 Å². The van der Waals surface area contributed by atoms with E-state index in [9.17, 15) is 0 Å². The molecule has 25 heavy (non-hydrogen) atoms. The van der Waals surface area contributed by atoms with Crippen molar-refractivity contribution in [3.63, 3.8) is 0 Å². The van der Waals surface area contributed by atoms with Gasteiger partial charge < -0.3 is 4.74 Å². The minimum atomic E-state index is 0.257. The second kappa shape index (κ2) is 6.82. The Morgan fingerprint density at radius 2 is 1.96 bits per heavy atom. The van der Waals surface area contributed by atoms with Crippen LogP contribution in [0.3, 0.4) is 0 Å². The van der Waals surface area contributed by atoms with Crippen molar-refractivity contribution in [2.75, 3.05) is 0 Å². The molecule has 0 unspecified atom stereocenters. The Hall–Kier alpha value is -2.44. The molecule has 7 heteroatoms. The van der Waals surface area contributed by atoms with Crippen molar-refractivity contribution in [1.82, 2.24) is 14.9 Å². The number of halogens is 1. The number of aryl methyl sites for hydroxylation is 1. The van der Waals surface area contributed by atoms with E-state index in [2.05, 4.69) is 28.4 Å². The van der Waals surface area contributed by atoms with E-state index in [1.807, 2.05) is 18.2 Å². The van der Waals surface area contributed by atoms with Crippen LogP contribution in [0.15, 0.2) is 53.6 Å². The van der Waals surface area contributed by atoms with Crippen LogP contribution in [0.4, 0.5) is 0 Å². The highest BCUT2D eigenvalue weighted by Gasteiger charge is 2.18. The number of ether oxygens (including phenoxy) is 1. The van der Waals surface area contributed by atoms with E-state index < -0.39 is 0 Å². The number of aromatic amines is 1. The standard InChI is InChI=1S/C18H15ClN4OS/c19-13-6-8-14(9-7-13)24-11-17-20-21-18(25)23(17)22-16-10-5-12-3-1-2-4-15(12)16/h1-4,6-9H,5,10-11H2,(H,21,25)/b22-16+. The Morgan fingerprint density at radius 1 is 1.16 bits per heavy atom. The van der Waals surface area contributed by atoms with Crippen LogP contribution in [0.1, 0.15) is 23.4 Å². The fraction of sp³-hybridized carbons (Fsp3) is 0.167. The van der Waals surface area contributed by atoms with Gasteiger partial charge in [0.1, 0.15) is 12.4 Å². The van der Waals surface area contributed by atoms with Crippen LogP contribution >= 0.6 is 23.8 Å². The molecule has 0 amide bonds. The van der Waals surface area contributed by atoms with Gasteiger partial charge in [0.05, 0.1) is 5.71 Å². The Balaban J connectivity index is 1.59. The van der Waals surface area contributed by atoms with Gasteiger partial charge in [-0.2, -0.15) is 14.9 Å². The first-order valence-electron chi connectivity index (χ1n) is 7.91. The molecule has 0 spiro atoms. The Morgan fingerprint density at radius 3 is 2.80 bits per heavy atom. The van der Waals surface area contributed by atoms with Gasteiger partial charge in [0.15, 0.2) is 5.82 Å². The zero-order valence-corrected chi connectivity index (χ0v) is 14.8. The quantitative estimate of drug-likeness (QED) is 0.694. The van der Waals surface area contributed by atoms with Crippen LogP contribution in [0, 0.1) is 4.77 Å². The first-order chi connectivity index (χ1) is 12.2. The van der Waals surface area contributed by atoms with Crippen molar-refractivity contribution in [2.24, 2.45) is 5.10 Å². The van der Waals surface area contributed by atoms with Gasteiger partial charge in [0.2, 0.25) is 4.77 Å². The zero-order chi connectivity index (χ0) is 17.2. The summed E-state index contributed by atoms with van der Waals surface area (Å²) >= 11 is 11.2. The number of rotatable bonds is 4. The Kier molecular flexibility index (Phi) is 4.38. The lowest BCUT2D eigenvalue weighted by atomic mass is 10.1. The predicted octanol–water partition coefficient (Wildman–Crippen LogP) is 4.37. The molecule has 0 aliphatic heterocycles. The normalized spacial score (nSPS) is 14.7. The highest BCUT2D eigenvalue weighted by atomic mass is 35.5. The minimum Gasteiger partial charge on any atom is -0.486 e. The molecule has 1 heterocycles. The molecule has 0 radical (unpaired) electrons. The summed E-state index contributed by atoms with van der Waals surface area (Å²) in [6.07, 6.45) is 1.89. The largest absolute Gasteiger partial charge is 0.486 e. The van der Waals surface area contributed by atoms with Gasteiger partial charge in [-0.15, -0.1) is 0 Å². The van der Waals surface area contributed by atoms with Crippen molar-refractivity contribution < 1.29 is 4.74 Å².